The first-order chi connectivity index (χ1) is 11.7. The molecule has 1 aliphatic rings. The Labute approximate surface area is 147 Å². The van der Waals surface area contributed by atoms with Gasteiger partial charge in [0.2, 0.25) is 0 Å². The van der Waals surface area contributed by atoms with E-state index in [-0.39, 0.29) is 11.7 Å². The SMILES string of the molecule is CC(=O)c1cccc(OC(C)C(=O)NC2(C)CCCCC2C(=O)O)c1. The normalized spacial score (nSPS) is 24.2. The Bertz CT molecular complexity index is 672. The Kier molecular flexibility index (Phi) is 5.82. The number of nitrogens with one attached hydrogen (secondary N) is 1. The fraction of sp³-hybridized carbons (Fsp3) is 0.526. The lowest BCUT2D eigenvalue weighted by Gasteiger charge is -2.40. The van der Waals surface area contributed by atoms with Gasteiger partial charge >= 0.3 is 5.97 Å². The van der Waals surface area contributed by atoms with Crippen molar-refractivity contribution < 1.29 is 24.2 Å². The number of ether oxygens (including phenoxy) is 1. The average Bonchev–Trinajstić information content (AvgIpc) is 2.54. The standard InChI is InChI=1S/C19H25NO5/c1-12(21)14-7-6-8-15(11-14)25-13(2)17(22)20-19(3)10-5-4-9-16(19)18(23)24/h6-8,11,13,16H,4-5,9-10H2,1-3H3,(H,20,22)(H,23,24). The molecule has 136 valence electrons. The van der Waals surface area contributed by atoms with Gasteiger partial charge in [0.05, 0.1) is 11.5 Å². The van der Waals surface area contributed by atoms with Crippen molar-refractivity contribution in [2.45, 2.75) is 58.1 Å². The third-order valence-corrected chi connectivity index (χ3v) is 4.84. The second kappa shape index (κ2) is 7.68. The van der Waals surface area contributed by atoms with E-state index in [2.05, 4.69) is 5.32 Å². The minimum Gasteiger partial charge on any atom is -0.481 e. The van der Waals surface area contributed by atoms with Gasteiger partial charge in [-0.15, -0.1) is 0 Å². The molecule has 0 bridgehead atoms. The van der Waals surface area contributed by atoms with Gasteiger partial charge in [-0.3, -0.25) is 14.4 Å². The topological polar surface area (TPSA) is 92.7 Å². The van der Waals surface area contributed by atoms with Crippen LogP contribution in [0, 0.1) is 5.92 Å². The first kappa shape index (κ1) is 19.0. The highest BCUT2D eigenvalue weighted by molar-refractivity contribution is 5.94. The Balaban J connectivity index is 2.05. The van der Waals surface area contributed by atoms with E-state index in [4.69, 9.17) is 4.74 Å². The highest BCUT2D eigenvalue weighted by Gasteiger charge is 2.42. The van der Waals surface area contributed by atoms with E-state index in [1.54, 1.807) is 38.1 Å². The summed E-state index contributed by atoms with van der Waals surface area (Å²) < 4.78 is 5.64. The second-order valence-corrected chi connectivity index (χ2v) is 6.89. The first-order valence-corrected chi connectivity index (χ1v) is 8.55. The smallest absolute Gasteiger partial charge is 0.308 e. The molecule has 6 nitrogen and oxygen atoms in total. The third kappa shape index (κ3) is 4.59. The van der Waals surface area contributed by atoms with Gasteiger partial charge in [-0.25, -0.2) is 0 Å². The maximum Gasteiger partial charge on any atom is 0.308 e. The van der Waals surface area contributed by atoms with Gasteiger partial charge < -0.3 is 15.2 Å². The first-order valence-electron chi connectivity index (χ1n) is 8.55. The zero-order valence-corrected chi connectivity index (χ0v) is 14.9. The molecule has 0 spiro atoms. The number of carbonyl (C=O) groups is 3. The molecule has 3 atom stereocenters. The Hall–Kier alpha value is -2.37. The zero-order chi connectivity index (χ0) is 18.6. The maximum absolute atomic E-state index is 12.5. The fourth-order valence-electron chi connectivity index (χ4n) is 3.31. The summed E-state index contributed by atoms with van der Waals surface area (Å²) in [6, 6.07) is 6.65. The van der Waals surface area contributed by atoms with Crippen molar-refractivity contribution in [3.63, 3.8) is 0 Å². The number of benzene rings is 1. The summed E-state index contributed by atoms with van der Waals surface area (Å²) in [5.74, 6) is -1.49. The van der Waals surface area contributed by atoms with Gasteiger partial charge in [-0.2, -0.15) is 0 Å². The number of amides is 1. The Morgan fingerprint density at radius 1 is 1.32 bits per heavy atom. The number of carboxylic acid groups (broad SMARTS) is 1. The molecule has 2 rings (SSSR count). The van der Waals surface area contributed by atoms with Crippen LogP contribution in [0.4, 0.5) is 0 Å². The van der Waals surface area contributed by atoms with Crippen molar-refractivity contribution in [1.29, 1.82) is 0 Å². The minimum absolute atomic E-state index is 0.0819. The van der Waals surface area contributed by atoms with Crippen molar-refractivity contribution in [3.05, 3.63) is 29.8 Å². The van der Waals surface area contributed by atoms with Crippen molar-refractivity contribution >= 4 is 17.7 Å². The summed E-state index contributed by atoms with van der Waals surface area (Å²) in [4.78, 5) is 35.4. The molecule has 1 aromatic rings. The van der Waals surface area contributed by atoms with Crippen LogP contribution < -0.4 is 10.1 Å². The van der Waals surface area contributed by atoms with E-state index in [0.29, 0.717) is 24.2 Å². The molecule has 1 fully saturated rings. The van der Waals surface area contributed by atoms with Crippen LogP contribution in [0.3, 0.4) is 0 Å². The molecular formula is C19H25NO5. The quantitative estimate of drug-likeness (QED) is 0.772. The van der Waals surface area contributed by atoms with Gasteiger partial charge in [-0.1, -0.05) is 25.0 Å². The summed E-state index contributed by atoms with van der Waals surface area (Å²) in [6.07, 6.45) is 2.13. The maximum atomic E-state index is 12.5. The third-order valence-electron chi connectivity index (χ3n) is 4.84. The van der Waals surface area contributed by atoms with Crippen LogP contribution in [0.25, 0.3) is 0 Å². The van der Waals surface area contributed by atoms with Crippen molar-refractivity contribution in [1.82, 2.24) is 5.32 Å². The molecule has 1 aromatic carbocycles. The molecule has 0 aliphatic heterocycles. The van der Waals surface area contributed by atoms with Gasteiger partial charge in [0.25, 0.3) is 5.91 Å². The molecule has 1 aliphatic carbocycles. The molecule has 6 heteroatoms. The summed E-state index contributed by atoms with van der Waals surface area (Å²) in [7, 11) is 0. The van der Waals surface area contributed by atoms with Crippen LogP contribution in [-0.4, -0.2) is 34.4 Å². The monoisotopic (exact) mass is 347 g/mol. The summed E-state index contributed by atoms with van der Waals surface area (Å²) in [5, 5.41) is 12.3. The van der Waals surface area contributed by atoms with Crippen LogP contribution >= 0.6 is 0 Å². The van der Waals surface area contributed by atoms with Gasteiger partial charge in [0, 0.05) is 5.56 Å². The minimum atomic E-state index is -0.884. The lowest BCUT2D eigenvalue weighted by atomic mass is 9.74. The van der Waals surface area contributed by atoms with Crippen LogP contribution in [0.2, 0.25) is 0 Å². The lowest BCUT2D eigenvalue weighted by molar-refractivity contribution is -0.147. The fourth-order valence-corrected chi connectivity index (χ4v) is 3.31. The molecule has 1 saturated carbocycles. The van der Waals surface area contributed by atoms with E-state index >= 15 is 0 Å². The van der Waals surface area contributed by atoms with Crippen molar-refractivity contribution in [3.8, 4) is 5.75 Å². The predicted molar refractivity (Wildman–Crippen MR) is 92.7 cm³/mol. The summed E-state index contributed by atoms with van der Waals surface area (Å²) >= 11 is 0. The highest BCUT2D eigenvalue weighted by Crippen LogP contribution is 2.34. The van der Waals surface area contributed by atoms with Crippen molar-refractivity contribution in [2.75, 3.05) is 0 Å². The van der Waals surface area contributed by atoms with E-state index in [1.807, 2.05) is 0 Å². The number of hydrogen-bond donors (Lipinski definition) is 2. The van der Waals surface area contributed by atoms with Crippen LogP contribution in [0.5, 0.6) is 5.75 Å². The lowest BCUT2D eigenvalue weighted by Crippen LogP contribution is -2.57. The summed E-state index contributed by atoms with van der Waals surface area (Å²) in [5.41, 5.74) is -0.268. The number of Topliss-reactive ketones (excluding diaryl/α,β-unsaturated/α-hetero) is 1. The van der Waals surface area contributed by atoms with Crippen LogP contribution in [0.15, 0.2) is 24.3 Å². The van der Waals surface area contributed by atoms with Gasteiger partial charge in [0.1, 0.15) is 5.75 Å². The van der Waals surface area contributed by atoms with Gasteiger partial charge in [0.15, 0.2) is 11.9 Å². The molecule has 25 heavy (non-hydrogen) atoms. The molecule has 2 N–H and O–H groups in total. The Morgan fingerprint density at radius 3 is 2.68 bits per heavy atom. The zero-order valence-electron chi connectivity index (χ0n) is 14.9. The molecule has 3 unspecified atom stereocenters. The average molecular weight is 347 g/mol. The van der Waals surface area contributed by atoms with Gasteiger partial charge in [-0.05, 0) is 45.7 Å². The highest BCUT2D eigenvalue weighted by atomic mass is 16.5. The number of aliphatic carboxylic acids is 1. The molecular weight excluding hydrogens is 322 g/mol. The van der Waals surface area contributed by atoms with E-state index < -0.39 is 23.5 Å². The predicted octanol–water partition coefficient (Wildman–Crippen LogP) is 2.81. The molecule has 0 heterocycles. The van der Waals surface area contributed by atoms with E-state index in [0.717, 1.165) is 12.8 Å². The second-order valence-electron chi connectivity index (χ2n) is 6.89. The molecule has 0 aromatic heterocycles. The molecule has 0 radical (unpaired) electrons. The number of hydrogen-bond acceptors (Lipinski definition) is 4. The van der Waals surface area contributed by atoms with Crippen molar-refractivity contribution in [2.24, 2.45) is 5.92 Å². The van der Waals surface area contributed by atoms with Crippen LogP contribution in [-0.2, 0) is 9.59 Å². The number of carbonyl (C=O) groups excluding carboxylic acids is 2. The number of ketones is 1. The number of rotatable bonds is 6. The summed E-state index contributed by atoms with van der Waals surface area (Å²) in [6.45, 7) is 4.86. The van der Waals surface area contributed by atoms with E-state index in [1.165, 1.54) is 6.92 Å². The molecule has 1 amide bonds. The largest absolute Gasteiger partial charge is 0.481 e. The van der Waals surface area contributed by atoms with E-state index in [9.17, 15) is 19.5 Å². The Morgan fingerprint density at radius 2 is 2.04 bits per heavy atom. The van der Waals surface area contributed by atoms with Crippen LogP contribution in [0.1, 0.15) is 56.8 Å². The number of carboxylic acids is 1. The molecule has 0 saturated heterocycles.